The fraction of sp³-hybridized carbons (Fsp3) is 0. The number of thiophene rings is 2. The minimum atomic E-state index is 1.12. The first kappa shape index (κ1) is 33.2. The quantitative estimate of drug-likeness (QED) is 0.163. The summed E-state index contributed by atoms with van der Waals surface area (Å²) in [6, 6.07) is 75.6. The van der Waals surface area contributed by atoms with E-state index in [1.54, 1.807) is 0 Å². The predicted molar refractivity (Wildman–Crippen MR) is 252 cm³/mol. The van der Waals surface area contributed by atoms with Crippen LogP contribution in [0.3, 0.4) is 0 Å². The van der Waals surface area contributed by atoms with Gasteiger partial charge in [-0.05, 0) is 95.1 Å². The number of hydrogen-bond donors (Lipinski definition) is 0. The molecule has 0 aliphatic carbocycles. The van der Waals surface area contributed by atoms with Crippen LogP contribution in [-0.4, -0.2) is 4.57 Å². The fourth-order valence-electron chi connectivity index (χ4n) is 8.94. The Bertz CT molecular complexity index is 3500. The lowest BCUT2D eigenvalue weighted by molar-refractivity contribution is 1.18. The van der Waals surface area contributed by atoms with Crippen LogP contribution >= 0.6 is 22.7 Å². The first-order chi connectivity index (χ1) is 28.8. The standard InChI is InChI=1S/C54H34N2S2/c1-2-12-38(13-3-1)56-47-19-7-4-14-42(47)43-33-28-37(34-49(43)56)35-24-29-39(30-25-35)55(48-20-11-23-52-53(48)46-16-6-9-22-51(46)57-52)40-31-26-36(27-32-40)41-17-10-18-45-44-15-5-8-21-50(44)58-54(41)45/h1-34H. The molecule has 0 saturated carbocycles. The number of benzene rings is 9. The van der Waals surface area contributed by atoms with Crippen molar-refractivity contribution < 1.29 is 0 Å². The highest BCUT2D eigenvalue weighted by molar-refractivity contribution is 7.26. The topological polar surface area (TPSA) is 8.17 Å². The summed E-state index contributed by atoms with van der Waals surface area (Å²) < 4.78 is 7.64. The molecule has 0 amide bonds. The minimum absolute atomic E-state index is 1.12. The molecule has 12 rings (SSSR count). The predicted octanol–water partition coefficient (Wildman–Crippen LogP) is 16.3. The lowest BCUT2D eigenvalue weighted by Crippen LogP contribution is -2.10. The second-order valence-corrected chi connectivity index (χ2v) is 17.0. The third-order valence-electron chi connectivity index (χ3n) is 11.6. The molecule has 9 aromatic carbocycles. The van der Waals surface area contributed by atoms with Gasteiger partial charge in [0.1, 0.15) is 0 Å². The minimum Gasteiger partial charge on any atom is -0.310 e. The van der Waals surface area contributed by atoms with Crippen LogP contribution in [0, 0.1) is 0 Å². The first-order valence-electron chi connectivity index (χ1n) is 19.7. The summed E-state index contributed by atoms with van der Waals surface area (Å²) in [6.07, 6.45) is 0. The summed E-state index contributed by atoms with van der Waals surface area (Å²) >= 11 is 3.74. The Kier molecular flexibility index (Phi) is 7.62. The number of anilines is 3. The van der Waals surface area contributed by atoms with Gasteiger partial charge < -0.3 is 9.47 Å². The largest absolute Gasteiger partial charge is 0.310 e. The van der Waals surface area contributed by atoms with E-state index in [4.69, 9.17) is 0 Å². The van der Waals surface area contributed by atoms with Crippen LogP contribution in [0.15, 0.2) is 206 Å². The van der Waals surface area contributed by atoms with Crippen molar-refractivity contribution in [1.82, 2.24) is 4.57 Å². The first-order valence-corrected chi connectivity index (χ1v) is 21.3. The van der Waals surface area contributed by atoms with Crippen LogP contribution in [-0.2, 0) is 0 Å². The second kappa shape index (κ2) is 13.3. The zero-order valence-corrected chi connectivity index (χ0v) is 33.0. The molecule has 3 aromatic heterocycles. The molecular formula is C54H34N2S2. The highest BCUT2D eigenvalue weighted by Gasteiger charge is 2.20. The number of fused-ring (bicyclic) bond motifs is 9. The van der Waals surface area contributed by atoms with Crippen molar-refractivity contribution in [2.75, 3.05) is 4.90 Å². The molecule has 58 heavy (non-hydrogen) atoms. The molecule has 12 aromatic rings. The van der Waals surface area contributed by atoms with Gasteiger partial charge in [0.05, 0.1) is 16.7 Å². The Hall–Kier alpha value is -6.98. The van der Waals surface area contributed by atoms with Gasteiger partial charge in [0.15, 0.2) is 0 Å². The molecule has 4 heteroatoms. The van der Waals surface area contributed by atoms with Gasteiger partial charge >= 0.3 is 0 Å². The molecule has 2 nitrogen and oxygen atoms in total. The summed E-state index contributed by atoms with van der Waals surface area (Å²) in [4.78, 5) is 2.44. The van der Waals surface area contributed by atoms with Gasteiger partial charge in [-0.2, -0.15) is 0 Å². The Morgan fingerprint density at radius 2 is 0.948 bits per heavy atom. The van der Waals surface area contributed by atoms with Crippen molar-refractivity contribution in [1.29, 1.82) is 0 Å². The Labute approximate surface area is 343 Å². The molecule has 3 heterocycles. The van der Waals surface area contributed by atoms with E-state index in [0.717, 1.165) is 11.4 Å². The van der Waals surface area contributed by atoms with E-state index in [0.29, 0.717) is 0 Å². The van der Waals surface area contributed by atoms with Crippen LogP contribution < -0.4 is 4.90 Å². The maximum Gasteiger partial charge on any atom is 0.0554 e. The highest BCUT2D eigenvalue weighted by atomic mass is 32.1. The third kappa shape index (κ3) is 5.23. The Morgan fingerprint density at radius 3 is 1.74 bits per heavy atom. The summed E-state index contributed by atoms with van der Waals surface area (Å²) in [5, 5.41) is 7.74. The van der Waals surface area contributed by atoms with Crippen molar-refractivity contribution in [2.24, 2.45) is 0 Å². The highest BCUT2D eigenvalue weighted by Crippen LogP contribution is 2.46. The molecule has 0 aliphatic rings. The Balaban J connectivity index is 0.992. The smallest absolute Gasteiger partial charge is 0.0554 e. The number of hydrogen-bond acceptors (Lipinski definition) is 3. The number of para-hydroxylation sites is 2. The van der Waals surface area contributed by atoms with Crippen molar-refractivity contribution in [3.05, 3.63) is 206 Å². The lowest BCUT2D eigenvalue weighted by atomic mass is 10.0. The van der Waals surface area contributed by atoms with Crippen molar-refractivity contribution in [3.63, 3.8) is 0 Å². The van der Waals surface area contributed by atoms with E-state index in [1.807, 2.05) is 22.7 Å². The molecule has 0 fully saturated rings. The van der Waals surface area contributed by atoms with Crippen molar-refractivity contribution in [2.45, 2.75) is 0 Å². The van der Waals surface area contributed by atoms with Gasteiger partial charge in [-0.25, -0.2) is 0 Å². The van der Waals surface area contributed by atoms with Crippen molar-refractivity contribution >= 4 is 102 Å². The van der Waals surface area contributed by atoms with Gasteiger partial charge in [-0.3, -0.25) is 0 Å². The number of nitrogens with zero attached hydrogens (tertiary/aromatic N) is 2. The molecule has 0 atom stereocenters. The van der Waals surface area contributed by atoms with Gasteiger partial charge in [0.2, 0.25) is 0 Å². The average Bonchev–Trinajstić information content (AvgIpc) is 3.97. The molecule has 0 spiro atoms. The van der Waals surface area contributed by atoms with Gasteiger partial charge in [0, 0.05) is 68.2 Å². The van der Waals surface area contributed by atoms with Gasteiger partial charge in [-0.15, -0.1) is 22.7 Å². The van der Waals surface area contributed by atoms with E-state index in [9.17, 15) is 0 Å². The van der Waals surface area contributed by atoms with Gasteiger partial charge in [0.25, 0.3) is 0 Å². The maximum absolute atomic E-state index is 2.44. The monoisotopic (exact) mass is 774 g/mol. The molecule has 272 valence electrons. The Morgan fingerprint density at radius 1 is 0.362 bits per heavy atom. The second-order valence-electron chi connectivity index (χ2n) is 14.9. The SMILES string of the molecule is c1ccc(-n2c3ccccc3c3ccc(-c4ccc(N(c5ccc(-c6cccc7c6sc6ccccc67)cc5)c5cccc6sc7ccccc7c56)cc4)cc32)cc1. The zero-order valence-electron chi connectivity index (χ0n) is 31.3. The number of aromatic nitrogens is 1. The van der Waals surface area contributed by atoms with E-state index in [-0.39, 0.29) is 0 Å². The van der Waals surface area contributed by atoms with Crippen LogP contribution in [0.1, 0.15) is 0 Å². The normalized spacial score (nSPS) is 11.8. The van der Waals surface area contributed by atoms with E-state index >= 15 is 0 Å². The summed E-state index contributed by atoms with van der Waals surface area (Å²) in [7, 11) is 0. The summed E-state index contributed by atoms with van der Waals surface area (Å²) in [5.41, 5.74) is 11.9. The number of rotatable bonds is 6. The third-order valence-corrected chi connectivity index (χ3v) is 14.0. The van der Waals surface area contributed by atoms with E-state index in [2.05, 4.69) is 216 Å². The lowest BCUT2D eigenvalue weighted by Gasteiger charge is -2.27. The molecule has 0 N–H and O–H groups in total. The molecule has 0 saturated heterocycles. The zero-order chi connectivity index (χ0) is 38.2. The van der Waals surface area contributed by atoms with E-state index in [1.165, 1.54) is 95.8 Å². The van der Waals surface area contributed by atoms with Crippen LogP contribution in [0.25, 0.3) is 90.1 Å². The molecule has 0 unspecified atom stereocenters. The maximum atomic E-state index is 2.44. The van der Waals surface area contributed by atoms with Gasteiger partial charge in [-0.1, -0.05) is 133 Å². The van der Waals surface area contributed by atoms with Crippen LogP contribution in [0.5, 0.6) is 0 Å². The summed E-state index contributed by atoms with van der Waals surface area (Å²) in [6.45, 7) is 0. The van der Waals surface area contributed by atoms with Crippen LogP contribution in [0.4, 0.5) is 17.1 Å². The van der Waals surface area contributed by atoms with E-state index < -0.39 is 0 Å². The van der Waals surface area contributed by atoms with Crippen molar-refractivity contribution in [3.8, 4) is 27.9 Å². The average molecular weight is 775 g/mol. The summed E-state index contributed by atoms with van der Waals surface area (Å²) in [5.74, 6) is 0. The fourth-order valence-corrected chi connectivity index (χ4v) is 11.3. The molecule has 0 bridgehead atoms. The molecular weight excluding hydrogens is 741 g/mol. The molecule has 0 radical (unpaired) electrons. The molecule has 0 aliphatic heterocycles. The van der Waals surface area contributed by atoms with Crippen LogP contribution in [0.2, 0.25) is 0 Å².